The van der Waals surface area contributed by atoms with Crippen LogP contribution in [0.15, 0.2) is 0 Å². The summed E-state index contributed by atoms with van der Waals surface area (Å²) >= 11 is 0. The minimum atomic E-state index is -4.40. The zero-order valence-corrected chi connectivity index (χ0v) is 9.63. The highest BCUT2D eigenvalue weighted by Crippen LogP contribution is 2.18. The fraction of sp³-hybridized carbons (Fsp3) is 0.875. The van der Waals surface area contributed by atoms with Gasteiger partial charge in [0.15, 0.2) is 0 Å². The second-order valence-corrected chi connectivity index (χ2v) is 4.18. The first kappa shape index (κ1) is 16.9. The number of hydrogen-bond donors (Lipinski definition) is 2. The summed E-state index contributed by atoms with van der Waals surface area (Å²) in [7, 11) is 0. The van der Waals surface area contributed by atoms with Gasteiger partial charge in [0.05, 0.1) is 6.04 Å². The Morgan fingerprint density at radius 1 is 1.33 bits per heavy atom. The zero-order valence-electron chi connectivity index (χ0n) is 8.81. The van der Waals surface area contributed by atoms with Crippen LogP contribution in [-0.4, -0.2) is 24.7 Å². The predicted molar refractivity (Wildman–Crippen MR) is 53.7 cm³/mol. The van der Waals surface area contributed by atoms with Crippen molar-refractivity contribution in [2.45, 2.75) is 33.0 Å². The summed E-state index contributed by atoms with van der Waals surface area (Å²) in [6.07, 6.45) is -4.40. The highest BCUT2D eigenvalue weighted by molar-refractivity contribution is 5.85. The maximum Gasteiger partial charge on any atom is 0.405 e. The zero-order chi connectivity index (χ0) is 11.6. The van der Waals surface area contributed by atoms with Gasteiger partial charge in [-0.3, -0.25) is 4.79 Å². The highest BCUT2D eigenvalue weighted by atomic mass is 35.5. The second-order valence-electron chi connectivity index (χ2n) is 4.18. The molecule has 3 N–H and O–H groups in total. The molecule has 92 valence electrons. The molecule has 0 heterocycles. The van der Waals surface area contributed by atoms with Crippen molar-refractivity contribution in [3.8, 4) is 0 Å². The molecule has 0 aromatic rings. The van der Waals surface area contributed by atoms with Crippen molar-refractivity contribution in [3.05, 3.63) is 0 Å². The van der Waals surface area contributed by atoms with Crippen LogP contribution in [0, 0.1) is 5.41 Å². The number of nitrogens with two attached hydrogens (primary N) is 1. The first-order chi connectivity index (χ1) is 6.04. The van der Waals surface area contributed by atoms with Gasteiger partial charge in [0.2, 0.25) is 5.91 Å². The number of carbonyl (C=O) groups is 1. The van der Waals surface area contributed by atoms with E-state index in [9.17, 15) is 18.0 Å². The van der Waals surface area contributed by atoms with Crippen LogP contribution >= 0.6 is 12.4 Å². The topological polar surface area (TPSA) is 55.1 Å². The molecule has 1 atom stereocenters. The van der Waals surface area contributed by atoms with E-state index >= 15 is 0 Å². The lowest BCUT2D eigenvalue weighted by Crippen LogP contribution is -2.50. The second kappa shape index (κ2) is 5.55. The molecule has 3 nitrogen and oxygen atoms in total. The fourth-order valence-corrected chi connectivity index (χ4v) is 0.691. The number of carbonyl (C=O) groups excluding carboxylic acids is 1. The summed E-state index contributed by atoms with van der Waals surface area (Å²) in [5.74, 6) is -0.783. The quantitative estimate of drug-likeness (QED) is 0.777. The van der Waals surface area contributed by atoms with Gasteiger partial charge in [0.25, 0.3) is 0 Å². The minimum absolute atomic E-state index is 0. The summed E-state index contributed by atoms with van der Waals surface area (Å²) in [4.78, 5) is 11.1. The lowest BCUT2D eigenvalue weighted by Gasteiger charge is -2.25. The summed E-state index contributed by atoms with van der Waals surface area (Å²) in [5.41, 5.74) is 4.90. The first-order valence-electron chi connectivity index (χ1n) is 4.14. The molecule has 0 aliphatic rings. The van der Waals surface area contributed by atoms with E-state index in [2.05, 4.69) is 0 Å². The van der Waals surface area contributed by atoms with Crippen LogP contribution in [0.5, 0.6) is 0 Å². The Labute approximate surface area is 93.0 Å². The maximum absolute atomic E-state index is 11.7. The third-order valence-electron chi connectivity index (χ3n) is 1.68. The van der Waals surface area contributed by atoms with Gasteiger partial charge < -0.3 is 11.1 Å². The smallest absolute Gasteiger partial charge is 0.346 e. The van der Waals surface area contributed by atoms with E-state index in [1.54, 1.807) is 26.1 Å². The highest BCUT2D eigenvalue weighted by Gasteiger charge is 2.32. The average molecular weight is 249 g/mol. The Morgan fingerprint density at radius 3 is 2.00 bits per heavy atom. The third kappa shape index (κ3) is 7.44. The SMILES string of the molecule is CC(C)(C)[C@H](N)C(=O)NCC(F)(F)F.Cl. The van der Waals surface area contributed by atoms with Crippen LogP contribution in [0.2, 0.25) is 0 Å². The number of halogens is 4. The predicted octanol–water partition coefficient (Wildman–Crippen LogP) is 1.46. The van der Waals surface area contributed by atoms with E-state index in [4.69, 9.17) is 5.73 Å². The number of alkyl halides is 3. The molecular formula is C8H16ClF3N2O. The van der Waals surface area contributed by atoms with Gasteiger partial charge in [0.1, 0.15) is 6.54 Å². The monoisotopic (exact) mass is 248 g/mol. The Hall–Kier alpha value is -0.490. The van der Waals surface area contributed by atoms with Crippen LogP contribution in [0.25, 0.3) is 0 Å². The summed E-state index contributed by atoms with van der Waals surface area (Å²) in [6.45, 7) is 3.72. The Bertz CT molecular complexity index is 213. The van der Waals surface area contributed by atoms with E-state index in [1.165, 1.54) is 0 Å². The lowest BCUT2D eigenvalue weighted by atomic mass is 9.87. The fourth-order valence-electron chi connectivity index (χ4n) is 0.691. The van der Waals surface area contributed by atoms with Crippen molar-refractivity contribution in [1.82, 2.24) is 5.32 Å². The van der Waals surface area contributed by atoms with E-state index in [0.29, 0.717) is 0 Å². The van der Waals surface area contributed by atoms with Crippen molar-refractivity contribution in [2.24, 2.45) is 11.1 Å². The van der Waals surface area contributed by atoms with Gasteiger partial charge in [-0.15, -0.1) is 12.4 Å². The Morgan fingerprint density at radius 2 is 1.73 bits per heavy atom. The minimum Gasteiger partial charge on any atom is -0.346 e. The van der Waals surface area contributed by atoms with E-state index in [1.807, 2.05) is 0 Å². The number of amides is 1. The molecule has 0 aromatic heterocycles. The lowest BCUT2D eigenvalue weighted by molar-refractivity contribution is -0.140. The molecule has 0 saturated heterocycles. The van der Waals surface area contributed by atoms with Gasteiger partial charge in [-0.1, -0.05) is 20.8 Å². The molecule has 0 bridgehead atoms. The molecule has 0 radical (unpaired) electrons. The van der Waals surface area contributed by atoms with Crippen molar-refractivity contribution < 1.29 is 18.0 Å². The third-order valence-corrected chi connectivity index (χ3v) is 1.68. The molecule has 0 aliphatic carbocycles. The van der Waals surface area contributed by atoms with Crippen LogP contribution in [-0.2, 0) is 4.79 Å². The van der Waals surface area contributed by atoms with Gasteiger partial charge in [-0.2, -0.15) is 13.2 Å². The van der Waals surface area contributed by atoms with Crippen LogP contribution in [0.1, 0.15) is 20.8 Å². The van der Waals surface area contributed by atoms with Crippen molar-refractivity contribution in [2.75, 3.05) is 6.54 Å². The molecule has 0 spiro atoms. The first-order valence-corrected chi connectivity index (χ1v) is 4.14. The summed E-state index contributed by atoms with van der Waals surface area (Å²) < 4.78 is 35.2. The molecule has 1 amide bonds. The summed E-state index contributed by atoms with van der Waals surface area (Å²) in [5, 5.41) is 1.74. The normalized spacial score (nSPS) is 14.1. The molecule has 0 rings (SSSR count). The molecule has 0 aromatic carbocycles. The van der Waals surface area contributed by atoms with E-state index < -0.39 is 30.1 Å². The standard InChI is InChI=1S/C8H15F3N2O.ClH/c1-7(2,3)5(12)6(14)13-4-8(9,10)11;/h5H,4,12H2,1-3H3,(H,13,14);1H/t5-;/m1./s1. The average Bonchev–Trinajstić information content (AvgIpc) is 1.95. The van der Waals surface area contributed by atoms with Gasteiger partial charge in [-0.25, -0.2) is 0 Å². The van der Waals surface area contributed by atoms with Crippen molar-refractivity contribution in [3.63, 3.8) is 0 Å². The Kier molecular flexibility index (Phi) is 6.27. The summed E-state index contributed by atoms with van der Waals surface area (Å²) in [6, 6.07) is -0.940. The van der Waals surface area contributed by atoms with Gasteiger partial charge in [-0.05, 0) is 5.41 Å². The molecule has 0 fully saturated rings. The van der Waals surface area contributed by atoms with Crippen LogP contribution in [0.4, 0.5) is 13.2 Å². The van der Waals surface area contributed by atoms with E-state index in [-0.39, 0.29) is 12.4 Å². The van der Waals surface area contributed by atoms with Crippen molar-refractivity contribution in [1.29, 1.82) is 0 Å². The molecule has 0 unspecified atom stereocenters. The van der Waals surface area contributed by atoms with Crippen LogP contribution < -0.4 is 11.1 Å². The molecule has 15 heavy (non-hydrogen) atoms. The van der Waals surface area contributed by atoms with Crippen LogP contribution in [0.3, 0.4) is 0 Å². The van der Waals surface area contributed by atoms with Crippen molar-refractivity contribution >= 4 is 18.3 Å². The number of rotatable bonds is 2. The maximum atomic E-state index is 11.7. The van der Waals surface area contributed by atoms with Gasteiger partial charge >= 0.3 is 6.18 Å². The van der Waals surface area contributed by atoms with E-state index in [0.717, 1.165) is 0 Å². The van der Waals surface area contributed by atoms with Gasteiger partial charge in [0, 0.05) is 0 Å². The number of nitrogens with one attached hydrogen (secondary N) is 1. The molecule has 0 aliphatic heterocycles. The largest absolute Gasteiger partial charge is 0.405 e. The molecule has 7 heteroatoms. The molecular weight excluding hydrogens is 233 g/mol. The Balaban J connectivity index is 0. The molecule has 0 saturated carbocycles. The number of hydrogen-bond acceptors (Lipinski definition) is 2.